The van der Waals surface area contributed by atoms with Crippen LogP contribution in [0.2, 0.25) is 0 Å². The molecule has 2 saturated heterocycles. The zero-order valence-electron chi connectivity index (χ0n) is 18.7. The molecular formula is C21H34BN3O4. The number of carbonyl (C=O) groups excluding carboxylic acids is 1. The zero-order valence-corrected chi connectivity index (χ0v) is 18.7. The van der Waals surface area contributed by atoms with Gasteiger partial charge in [0.05, 0.1) is 11.2 Å². The van der Waals surface area contributed by atoms with Gasteiger partial charge in [0.15, 0.2) is 0 Å². The van der Waals surface area contributed by atoms with Crippen molar-refractivity contribution in [3.63, 3.8) is 0 Å². The molecule has 0 aromatic carbocycles. The third-order valence-electron chi connectivity index (χ3n) is 6.33. The number of amides is 1. The van der Waals surface area contributed by atoms with Crippen LogP contribution in [0.1, 0.15) is 71.7 Å². The van der Waals surface area contributed by atoms with Crippen molar-refractivity contribution < 1.29 is 18.8 Å². The maximum absolute atomic E-state index is 12.1. The first-order valence-corrected chi connectivity index (χ1v) is 10.4. The lowest BCUT2D eigenvalue weighted by atomic mass is 9.79. The number of carbonyl (C=O) groups is 1. The molecule has 0 unspecified atom stereocenters. The molecule has 2 fully saturated rings. The minimum atomic E-state index is -0.602. The molecule has 3 rings (SSSR count). The summed E-state index contributed by atoms with van der Waals surface area (Å²) >= 11 is 0. The van der Waals surface area contributed by atoms with Crippen LogP contribution in [-0.2, 0) is 9.31 Å². The SMILES string of the molecule is CC(C)(C)N1CCC(Oc2ncc(B3OC(C)(C)C(C)(C)O3)cc2C(N)=O)CC1. The largest absolute Gasteiger partial charge is 0.496 e. The molecular weight excluding hydrogens is 369 g/mol. The highest BCUT2D eigenvalue weighted by Gasteiger charge is 2.52. The molecule has 7 nitrogen and oxygen atoms in total. The van der Waals surface area contributed by atoms with Crippen molar-refractivity contribution in [1.29, 1.82) is 0 Å². The van der Waals surface area contributed by atoms with Crippen LogP contribution in [-0.4, -0.2) is 58.8 Å². The summed E-state index contributed by atoms with van der Waals surface area (Å²) in [7, 11) is -0.602. The van der Waals surface area contributed by atoms with Gasteiger partial charge in [0.25, 0.3) is 5.91 Å². The summed E-state index contributed by atoms with van der Waals surface area (Å²) in [6, 6.07) is 1.68. The van der Waals surface area contributed by atoms with E-state index in [1.807, 2.05) is 27.7 Å². The summed E-state index contributed by atoms with van der Waals surface area (Å²) in [5.74, 6) is -0.287. The van der Waals surface area contributed by atoms with Crippen molar-refractivity contribution in [1.82, 2.24) is 9.88 Å². The van der Waals surface area contributed by atoms with E-state index in [-0.39, 0.29) is 23.1 Å². The van der Waals surface area contributed by atoms with Crippen LogP contribution in [0, 0.1) is 0 Å². The second kappa shape index (κ2) is 7.56. The number of aromatic nitrogens is 1. The molecule has 2 aliphatic heterocycles. The third kappa shape index (κ3) is 4.59. The lowest BCUT2D eigenvalue weighted by Crippen LogP contribution is -2.48. The number of pyridine rings is 1. The molecule has 2 N–H and O–H groups in total. The van der Waals surface area contributed by atoms with Gasteiger partial charge in [-0.05, 0) is 67.4 Å². The van der Waals surface area contributed by atoms with Crippen LogP contribution in [0.5, 0.6) is 5.88 Å². The molecule has 0 atom stereocenters. The molecule has 1 amide bonds. The minimum Gasteiger partial charge on any atom is -0.474 e. The number of hydrogen-bond donors (Lipinski definition) is 1. The smallest absolute Gasteiger partial charge is 0.474 e. The van der Waals surface area contributed by atoms with Gasteiger partial charge in [-0.2, -0.15) is 0 Å². The molecule has 0 aliphatic carbocycles. The molecule has 160 valence electrons. The van der Waals surface area contributed by atoms with Gasteiger partial charge in [-0.1, -0.05) is 0 Å². The highest BCUT2D eigenvalue weighted by Crippen LogP contribution is 2.36. The number of nitrogens with two attached hydrogens (primary N) is 1. The second-order valence-corrected chi connectivity index (χ2v) is 10.0. The van der Waals surface area contributed by atoms with E-state index >= 15 is 0 Å². The first-order chi connectivity index (χ1) is 13.3. The number of piperidine rings is 1. The fourth-order valence-corrected chi connectivity index (χ4v) is 3.65. The molecule has 0 radical (unpaired) electrons. The molecule has 29 heavy (non-hydrogen) atoms. The number of ether oxygens (including phenoxy) is 1. The Hall–Kier alpha value is -1.64. The van der Waals surface area contributed by atoms with E-state index in [0.717, 1.165) is 25.9 Å². The lowest BCUT2D eigenvalue weighted by Gasteiger charge is -2.40. The van der Waals surface area contributed by atoms with E-state index < -0.39 is 24.2 Å². The van der Waals surface area contributed by atoms with Crippen LogP contribution < -0.4 is 15.9 Å². The lowest BCUT2D eigenvalue weighted by molar-refractivity contribution is 0.00578. The van der Waals surface area contributed by atoms with Crippen LogP contribution >= 0.6 is 0 Å². The summed E-state index contributed by atoms with van der Waals surface area (Å²) in [5.41, 5.74) is 5.75. The normalized spacial score (nSPS) is 22.7. The number of likely N-dealkylation sites (tertiary alicyclic amines) is 1. The summed E-state index contributed by atoms with van der Waals surface area (Å²) in [6.45, 7) is 16.5. The predicted octanol–water partition coefficient (Wildman–Crippen LogP) is 2.12. The predicted molar refractivity (Wildman–Crippen MR) is 113 cm³/mol. The maximum atomic E-state index is 12.1. The molecule has 1 aromatic rings. The van der Waals surface area contributed by atoms with E-state index in [1.54, 1.807) is 12.3 Å². The van der Waals surface area contributed by atoms with Gasteiger partial charge in [-0.3, -0.25) is 9.69 Å². The Morgan fingerprint density at radius 3 is 2.24 bits per heavy atom. The van der Waals surface area contributed by atoms with Crippen molar-refractivity contribution in [2.75, 3.05) is 13.1 Å². The number of hydrogen-bond acceptors (Lipinski definition) is 6. The molecule has 2 aliphatic rings. The standard InChI is InChI=1S/C21H34BN3O4/c1-19(2,3)25-10-8-15(9-11-25)27-18-16(17(23)26)12-14(13-24-18)22-28-20(4,5)21(6,7)29-22/h12-13,15H,8-11H2,1-7H3,(H2,23,26). The second-order valence-electron chi connectivity index (χ2n) is 10.0. The topological polar surface area (TPSA) is 86.9 Å². The van der Waals surface area contributed by atoms with Crippen LogP contribution in [0.4, 0.5) is 0 Å². The van der Waals surface area contributed by atoms with Gasteiger partial charge in [0.1, 0.15) is 11.7 Å². The average Bonchev–Trinajstić information content (AvgIpc) is 2.82. The van der Waals surface area contributed by atoms with E-state index in [4.69, 9.17) is 19.8 Å². The number of nitrogens with zero attached hydrogens (tertiary/aromatic N) is 2. The van der Waals surface area contributed by atoms with Crippen molar-refractivity contribution in [3.8, 4) is 5.88 Å². The fraction of sp³-hybridized carbons (Fsp3) is 0.714. The first-order valence-electron chi connectivity index (χ1n) is 10.4. The van der Waals surface area contributed by atoms with Crippen LogP contribution in [0.15, 0.2) is 12.3 Å². The molecule has 3 heterocycles. The Morgan fingerprint density at radius 2 is 1.76 bits per heavy atom. The monoisotopic (exact) mass is 403 g/mol. The van der Waals surface area contributed by atoms with E-state index in [1.165, 1.54) is 0 Å². The Morgan fingerprint density at radius 1 is 1.21 bits per heavy atom. The van der Waals surface area contributed by atoms with Crippen molar-refractivity contribution in [2.24, 2.45) is 5.73 Å². The van der Waals surface area contributed by atoms with Gasteiger partial charge < -0.3 is 19.8 Å². The van der Waals surface area contributed by atoms with E-state index in [9.17, 15) is 4.79 Å². The zero-order chi connectivity index (χ0) is 21.6. The molecule has 1 aromatic heterocycles. The fourth-order valence-electron chi connectivity index (χ4n) is 3.65. The van der Waals surface area contributed by atoms with Gasteiger partial charge in [-0.15, -0.1) is 0 Å². The first kappa shape index (κ1) is 22.1. The number of rotatable bonds is 4. The van der Waals surface area contributed by atoms with Crippen molar-refractivity contribution >= 4 is 18.5 Å². The van der Waals surface area contributed by atoms with Crippen molar-refractivity contribution in [3.05, 3.63) is 17.8 Å². The molecule has 0 saturated carbocycles. The minimum absolute atomic E-state index is 0.0156. The van der Waals surface area contributed by atoms with Gasteiger partial charge in [-0.25, -0.2) is 4.98 Å². The quantitative estimate of drug-likeness (QED) is 0.775. The van der Waals surface area contributed by atoms with Gasteiger partial charge in [0, 0.05) is 30.3 Å². The Balaban J connectivity index is 1.74. The highest BCUT2D eigenvalue weighted by atomic mass is 16.7. The summed E-state index contributed by atoms with van der Waals surface area (Å²) in [5, 5.41) is 0. The summed E-state index contributed by atoms with van der Waals surface area (Å²) < 4.78 is 18.2. The summed E-state index contributed by atoms with van der Waals surface area (Å²) in [6.07, 6.45) is 3.43. The average molecular weight is 403 g/mol. The van der Waals surface area contributed by atoms with Crippen molar-refractivity contribution in [2.45, 2.75) is 84.2 Å². The third-order valence-corrected chi connectivity index (χ3v) is 6.33. The Bertz CT molecular complexity index is 752. The maximum Gasteiger partial charge on any atom is 0.496 e. The molecule has 0 spiro atoms. The molecule has 8 heteroatoms. The molecule has 0 bridgehead atoms. The highest BCUT2D eigenvalue weighted by molar-refractivity contribution is 6.62. The summed E-state index contributed by atoms with van der Waals surface area (Å²) in [4.78, 5) is 18.9. The Labute approximate surface area is 174 Å². The van der Waals surface area contributed by atoms with E-state index in [2.05, 4.69) is 30.7 Å². The number of primary amides is 1. The van der Waals surface area contributed by atoms with Crippen LogP contribution in [0.25, 0.3) is 0 Å². The van der Waals surface area contributed by atoms with Crippen LogP contribution in [0.3, 0.4) is 0 Å². The Kier molecular flexibility index (Phi) is 5.75. The van der Waals surface area contributed by atoms with Gasteiger partial charge >= 0.3 is 7.12 Å². The van der Waals surface area contributed by atoms with E-state index in [0.29, 0.717) is 5.46 Å². The van der Waals surface area contributed by atoms with Gasteiger partial charge in [0.2, 0.25) is 5.88 Å².